The molecule has 1 heterocycles. The summed E-state index contributed by atoms with van der Waals surface area (Å²) < 4.78 is 32.7. The van der Waals surface area contributed by atoms with Crippen molar-refractivity contribution >= 4 is 15.8 Å². The largest absolute Gasteiger partial charge is 0.380 e. The van der Waals surface area contributed by atoms with Crippen molar-refractivity contribution in [2.75, 3.05) is 13.2 Å². The van der Waals surface area contributed by atoms with Crippen LogP contribution in [-0.4, -0.2) is 33.0 Å². The summed E-state index contributed by atoms with van der Waals surface area (Å²) in [5, 5.41) is 0. The number of carbonyl (C=O) groups excluding carboxylic acids is 1. The molecular formula is C14H19NO4S. The van der Waals surface area contributed by atoms with E-state index in [2.05, 4.69) is 4.72 Å². The Bertz CT molecular complexity index is 586. The topological polar surface area (TPSA) is 72.5 Å². The van der Waals surface area contributed by atoms with E-state index < -0.39 is 15.6 Å². The normalized spacial score (nSPS) is 23.5. The monoisotopic (exact) mass is 297 g/mol. The van der Waals surface area contributed by atoms with Gasteiger partial charge in [0.05, 0.1) is 17.0 Å². The molecule has 1 atom stereocenters. The lowest BCUT2D eigenvalue weighted by Crippen LogP contribution is -2.51. The van der Waals surface area contributed by atoms with Gasteiger partial charge in [-0.3, -0.25) is 4.79 Å². The smallest absolute Gasteiger partial charge is 0.241 e. The Kier molecular flexibility index (Phi) is 4.27. The third kappa shape index (κ3) is 3.45. The lowest BCUT2D eigenvalue weighted by molar-refractivity contribution is 0.0386. The minimum absolute atomic E-state index is 0.0884. The molecule has 0 radical (unpaired) electrons. The molecule has 20 heavy (non-hydrogen) atoms. The van der Waals surface area contributed by atoms with Crippen LogP contribution in [0.5, 0.6) is 0 Å². The van der Waals surface area contributed by atoms with E-state index in [1.54, 1.807) is 0 Å². The van der Waals surface area contributed by atoms with Crippen LogP contribution in [0.2, 0.25) is 0 Å². The van der Waals surface area contributed by atoms with Gasteiger partial charge in [0.2, 0.25) is 10.0 Å². The minimum Gasteiger partial charge on any atom is -0.380 e. The van der Waals surface area contributed by atoms with Crippen LogP contribution in [0.3, 0.4) is 0 Å². The molecule has 110 valence electrons. The molecule has 6 heteroatoms. The van der Waals surface area contributed by atoms with Gasteiger partial charge in [0.1, 0.15) is 0 Å². The Morgan fingerprint density at radius 1 is 1.30 bits per heavy atom. The summed E-state index contributed by atoms with van der Waals surface area (Å²) in [5.74, 6) is -0.0884. The van der Waals surface area contributed by atoms with Gasteiger partial charge in [-0.2, -0.15) is 0 Å². The number of carbonyl (C=O) groups is 1. The van der Waals surface area contributed by atoms with Crippen molar-refractivity contribution in [3.05, 3.63) is 29.8 Å². The average molecular weight is 297 g/mol. The highest BCUT2D eigenvalue weighted by molar-refractivity contribution is 7.89. The summed E-state index contributed by atoms with van der Waals surface area (Å²) in [4.78, 5) is 11.4. The van der Waals surface area contributed by atoms with E-state index >= 15 is 0 Å². The molecule has 0 bridgehead atoms. The number of benzene rings is 1. The van der Waals surface area contributed by atoms with Crippen molar-refractivity contribution < 1.29 is 17.9 Å². The van der Waals surface area contributed by atoms with Crippen molar-refractivity contribution in [3.8, 4) is 0 Å². The van der Waals surface area contributed by atoms with E-state index in [9.17, 15) is 13.2 Å². The molecule has 0 aromatic heterocycles. The highest BCUT2D eigenvalue weighted by Crippen LogP contribution is 2.22. The van der Waals surface area contributed by atoms with Crippen LogP contribution in [0.4, 0.5) is 0 Å². The molecule has 2 rings (SSSR count). The molecule has 1 aromatic carbocycles. The van der Waals surface area contributed by atoms with E-state index in [1.165, 1.54) is 31.2 Å². The Morgan fingerprint density at radius 3 is 2.45 bits per heavy atom. The number of ketones is 1. The Morgan fingerprint density at radius 2 is 1.95 bits per heavy atom. The van der Waals surface area contributed by atoms with Crippen LogP contribution in [0.1, 0.15) is 37.0 Å². The third-order valence-electron chi connectivity index (χ3n) is 3.39. The van der Waals surface area contributed by atoms with Crippen molar-refractivity contribution in [2.45, 2.75) is 37.1 Å². The van der Waals surface area contributed by atoms with Gasteiger partial charge in [0, 0.05) is 12.2 Å². The molecule has 1 fully saturated rings. The quantitative estimate of drug-likeness (QED) is 0.859. The van der Waals surface area contributed by atoms with Gasteiger partial charge >= 0.3 is 0 Å². The van der Waals surface area contributed by atoms with Crippen LogP contribution in [0.25, 0.3) is 0 Å². The van der Waals surface area contributed by atoms with Crippen molar-refractivity contribution in [1.82, 2.24) is 4.72 Å². The second kappa shape index (κ2) is 5.63. The standard InChI is InChI=1S/C14H19NO4S/c1-11(16)12-4-6-13(7-5-12)20(17,18)15-14(2)8-3-9-19-10-14/h4-7,15H,3,8-10H2,1-2H3. The molecular weight excluding hydrogens is 278 g/mol. The molecule has 0 amide bonds. The minimum atomic E-state index is -3.60. The zero-order valence-electron chi connectivity index (χ0n) is 11.7. The molecule has 5 nitrogen and oxygen atoms in total. The van der Waals surface area contributed by atoms with Gasteiger partial charge < -0.3 is 4.74 Å². The fourth-order valence-corrected chi connectivity index (χ4v) is 3.69. The first kappa shape index (κ1) is 15.2. The second-order valence-corrected chi connectivity index (χ2v) is 7.09. The zero-order chi connectivity index (χ0) is 14.8. The van der Waals surface area contributed by atoms with E-state index in [1.807, 2.05) is 6.92 Å². The van der Waals surface area contributed by atoms with Crippen LogP contribution < -0.4 is 4.72 Å². The molecule has 0 aliphatic carbocycles. The Hall–Kier alpha value is -1.24. The highest BCUT2D eigenvalue weighted by Gasteiger charge is 2.32. The van der Waals surface area contributed by atoms with E-state index in [4.69, 9.17) is 4.74 Å². The first-order chi connectivity index (χ1) is 9.32. The van der Waals surface area contributed by atoms with Gasteiger partial charge in [-0.15, -0.1) is 0 Å². The number of hydrogen-bond donors (Lipinski definition) is 1. The van der Waals surface area contributed by atoms with E-state index in [0.29, 0.717) is 18.8 Å². The first-order valence-corrected chi connectivity index (χ1v) is 8.03. The van der Waals surface area contributed by atoms with Crippen molar-refractivity contribution in [1.29, 1.82) is 0 Å². The lowest BCUT2D eigenvalue weighted by Gasteiger charge is -2.33. The number of sulfonamides is 1. The van der Waals surface area contributed by atoms with Crippen LogP contribution in [0, 0.1) is 0 Å². The number of hydrogen-bond acceptors (Lipinski definition) is 4. The van der Waals surface area contributed by atoms with Crippen molar-refractivity contribution in [2.24, 2.45) is 0 Å². The fourth-order valence-electron chi connectivity index (χ4n) is 2.27. The summed E-state index contributed by atoms with van der Waals surface area (Å²) >= 11 is 0. The Labute approximate surface area is 119 Å². The molecule has 1 aliphatic heterocycles. The summed E-state index contributed by atoms with van der Waals surface area (Å²) in [6.07, 6.45) is 1.58. The van der Waals surface area contributed by atoms with Gasteiger partial charge in [0.15, 0.2) is 5.78 Å². The van der Waals surface area contributed by atoms with Crippen LogP contribution in [-0.2, 0) is 14.8 Å². The predicted octanol–water partition coefficient (Wildman–Crippen LogP) is 1.74. The van der Waals surface area contributed by atoms with Gasteiger partial charge in [-0.1, -0.05) is 12.1 Å². The second-order valence-electron chi connectivity index (χ2n) is 5.40. The van der Waals surface area contributed by atoms with E-state index in [0.717, 1.165) is 12.8 Å². The maximum Gasteiger partial charge on any atom is 0.241 e. The number of rotatable bonds is 4. The maximum absolute atomic E-state index is 12.3. The fraction of sp³-hybridized carbons (Fsp3) is 0.500. The molecule has 1 N–H and O–H groups in total. The van der Waals surface area contributed by atoms with Gasteiger partial charge in [-0.25, -0.2) is 13.1 Å². The number of ether oxygens (including phenoxy) is 1. The summed E-state index contributed by atoms with van der Waals surface area (Å²) in [6.45, 7) is 4.33. The highest BCUT2D eigenvalue weighted by atomic mass is 32.2. The number of Topliss-reactive ketones (excluding diaryl/α,β-unsaturated/α-hetero) is 1. The average Bonchev–Trinajstić information content (AvgIpc) is 2.38. The van der Waals surface area contributed by atoms with Gasteiger partial charge in [-0.05, 0) is 38.8 Å². The molecule has 0 spiro atoms. The summed E-state index contributed by atoms with van der Waals surface area (Å²) in [7, 11) is -3.60. The Balaban J connectivity index is 2.19. The lowest BCUT2D eigenvalue weighted by atomic mass is 9.97. The molecule has 1 aromatic rings. The van der Waals surface area contributed by atoms with Crippen LogP contribution >= 0.6 is 0 Å². The van der Waals surface area contributed by atoms with Crippen LogP contribution in [0.15, 0.2) is 29.2 Å². The predicted molar refractivity (Wildman–Crippen MR) is 75.2 cm³/mol. The maximum atomic E-state index is 12.3. The summed E-state index contributed by atoms with van der Waals surface area (Å²) in [6, 6.07) is 5.95. The number of nitrogens with one attached hydrogen (secondary N) is 1. The SMILES string of the molecule is CC(=O)c1ccc(S(=O)(=O)NC2(C)CCCOC2)cc1. The summed E-state index contributed by atoms with van der Waals surface area (Å²) in [5.41, 5.74) is -0.0766. The zero-order valence-corrected chi connectivity index (χ0v) is 12.5. The molecule has 1 aliphatic rings. The van der Waals surface area contributed by atoms with Crippen molar-refractivity contribution in [3.63, 3.8) is 0 Å². The molecule has 1 saturated heterocycles. The molecule has 0 saturated carbocycles. The van der Waals surface area contributed by atoms with Gasteiger partial charge in [0.25, 0.3) is 0 Å². The third-order valence-corrected chi connectivity index (χ3v) is 5.04. The molecule has 1 unspecified atom stereocenters. The van der Waals surface area contributed by atoms with E-state index in [-0.39, 0.29) is 10.7 Å². The first-order valence-electron chi connectivity index (χ1n) is 6.55.